The fourth-order valence-electron chi connectivity index (χ4n) is 1.78. The smallest absolute Gasteiger partial charge is 0.236 e. The fraction of sp³-hybridized carbons (Fsp3) is 0.900. The Morgan fingerprint density at radius 3 is 2.79 bits per heavy atom. The number of carbonyl (C=O) groups is 1. The van der Waals surface area contributed by atoms with Crippen molar-refractivity contribution in [2.75, 3.05) is 13.1 Å². The van der Waals surface area contributed by atoms with Gasteiger partial charge in [0, 0.05) is 6.04 Å². The Morgan fingerprint density at radius 2 is 2.29 bits per heavy atom. The highest BCUT2D eigenvalue weighted by Crippen LogP contribution is 2.13. The number of carbonyl (C=O) groups excluding carboxylic acids is 1. The Labute approximate surface area is 85.6 Å². The quantitative estimate of drug-likeness (QED) is 0.591. The molecule has 4 N–H and O–H groups in total. The molecule has 1 aliphatic rings. The molecule has 0 bridgehead atoms. The van der Waals surface area contributed by atoms with Gasteiger partial charge in [-0.05, 0) is 45.7 Å². The van der Waals surface area contributed by atoms with Gasteiger partial charge in [0.2, 0.25) is 5.91 Å². The molecule has 14 heavy (non-hydrogen) atoms. The van der Waals surface area contributed by atoms with Crippen LogP contribution in [0.5, 0.6) is 0 Å². The van der Waals surface area contributed by atoms with Crippen LogP contribution in [0.1, 0.15) is 26.7 Å². The average Bonchev–Trinajstić information content (AvgIpc) is 2.19. The second kappa shape index (κ2) is 5.32. The van der Waals surface area contributed by atoms with Crippen LogP contribution in [0.25, 0.3) is 0 Å². The minimum atomic E-state index is -0.408. The van der Waals surface area contributed by atoms with Crippen molar-refractivity contribution in [3.63, 3.8) is 0 Å². The molecule has 0 radical (unpaired) electrons. The number of rotatable bonds is 3. The van der Waals surface area contributed by atoms with Crippen LogP contribution in [-0.4, -0.2) is 31.1 Å². The summed E-state index contributed by atoms with van der Waals surface area (Å²) in [5.74, 6) is 0.495. The largest absolute Gasteiger partial charge is 0.352 e. The minimum absolute atomic E-state index is 0.0527. The summed E-state index contributed by atoms with van der Waals surface area (Å²) in [7, 11) is 0. The van der Waals surface area contributed by atoms with Gasteiger partial charge in [-0.1, -0.05) is 0 Å². The number of amides is 1. The van der Waals surface area contributed by atoms with Gasteiger partial charge in [0.25, 0.3) is 0 Å². The van der Waals surface area contributed by atoms with E-state index in [0.29, 0.717) is 5.92 Å². The maximum Gasteiger partial charge on any atom is 0.236 e. The van der Waals surface area contributed by atoms with Crippen molar-refractivity contribution in [1.82, 2.24) is 10.6 Å². The first-order chi connectivity index (χ1) is 6.61. The molecule has 2 unspecified atom stereocenters. The number of nitrogens with one attached hydrogen (secondary N) is 2. The van der Waals surface area contributed by atoms with E-state index in [-0.39, 0.29) is 11.9 Å². The third-order valence-electron chi connectivity index (χ3n) is 2.83. The van der Waals surface area contributed by atoms with E-state index in [1.807, 2.05) is 0 Å². The molecule has 1 rings (SSSR count). The molecule has 4 heteroatoms. The third-order valence-corrected chi connectivity index (χ3v) is 2.83. The Morgan fingerprint density at radius 1 is 1.57 bits per heavy atom. The zero-order chi connectivity index (χ0) is 10.6. The molecule has 0 aliphatic carbocycles. The number of hydrogen-bond acceptors (Lipinski definition) is 3. The lowest BCUT2D eigenvalue weighted by Gasteiger charge is -2.29. The van der Waals surface area contributed by atoms with Crippen LogP contribution in [-0.2, 0) is 4.79 Å². The zero-order valence-corrected chi connectivity index (χ0v) is 9.05. The molecule has 0 spiro atoms. The molecule has 0 aromatic heterocycles. The van der Waals surface area contributed by atoms with E-state index in [0.717, 1.165) is 13.1 Å². The van der Waals surface area contributed by atoms with Crippen molar-refractivity contribution in [3.8, 4) is 0 Å². The SMILES string of the molecule is CC(NC(=O)[C@@H](C)N)C1CCCNC1. The lowest BCUT2D eigenvalue weighted by molar-refractivity contribution is -0.123. The summed E-state index contributed by atoms with van der Waals surface area (Å²) in [5, 5.41) is 6.28. The van der Waals surface area contributed by atoms with Crippen molar-refractivity contribution in [1.29, 1.82) is 0 Å². The molecule has 3 atom stereocenters. The molecule has 0 aromatic carbocycles. The maximum atomic E-state index is 11.3. The molecule has 1 heterocycles. The van der Waals surface area contributed by atoms with Gasteiger partial charge in [-0.15, -0.1) is 0 Å². The van der Waals surface area contributed by atoms with Gasteiger partial charge in [0.15, 0.2) is 0 Å². The van der Waals surface area contributed by atoms with Crippen molar-refractivity contribution in [2.24, 2.45) is 11.7 Å². The predicted octanol–water partition coefficient (Wildman–Crippen LogP) is -0.162. The van der Waals surface area contributed by atoms with Crippen LogP contribution in [0.15, 0.2) is 0 Å². The molecule has 1 aliphatic heterocycles. The first-order valence-corrected chi connectivity index (χ1v) is 5.38. The summed E-state index contributed by atoms with van der Waals surface area (Å²) >= 11 is 0. The van der Waals surface area contributed by atoms with Crippen LogP contribution in [0, 0.1) is 5.92 Å². The number of piperidine rings is 1. The summed E-state index contributed by atoms with van der Waals surface area (Å²) in [6, 6.07) is -0.185. The minimum Gasteiger partial charge on any atom is -0.352 e. The second-order valence-corrected chi connectivity index (χ2v) is 4.19. The van der Waals surface area contributed by atoms with Crippen molar-refractivity contribution in [2.45, 2.75) is 38.8 Å². The topological polar surface area (TPSA) is 67.2 Å². The standard InChI is InChI=1S/C10H21N3O/c1-7(11)10(14)13-8(2)9-4-3-5-12-6-9/h7-9,12H,3-6,11H2,1-2H3,(H,13,14)/t7-,8?,9?/m1/s1. The van der Waals surface area contributed by atoms with E-state index in [1.165, 1.54) is 12.8 Å². The normalized spacial score (nSPS) is 26.6. The summed E-state index contributed by atoms with van der Waals surface area (Å²) in [6.45, 7) is 5.87. The van der Waals surface area contributed by atoms with Gasteiger partial charge in [0.05, 0.1) is 6.04 Å². The summed E-state index contributed by atoms with van der Waals surface area (Å²) in [6.07, 6.45) is 2.39. The van der Waals surface area contributed by atoms with E-state index in [1.54, 1.807) is 6.92 Å². The monoisotopic (exact) mass is 199 g/mol. The van der Waals surface area contributed by atoms with E-state index >= 15 is 0 Å². The Bertz CT molecular complexity index is 188. The molecule has 0 saturated carbocycles. The zero-order valence-electron chi connectivity index (χ0n) is 9.05. The molecule has 1 amide bonds. The Kier molecular flexibility index (Phi) is 4.35. The van der Waals surface area contributed by atoms with Gasteiger partial charge >= 0.3 is 0 Å². The van der Waals surface area contributed by atoms with Crippen LogP contribution in [0.3, 0.4) is 0 Å². The summed E-state index contributed by atoms with van der Waals surface area (Å²) in [5.41, 5.74) is 5.49. The maximum absolute atomic E-state index is 11.3. The van der Waals surface area contributed by atoms with Gasteiger partial charge in [-0.2, -0.15) is 0 Å². The molecule has 0 aromatic rings. The first kappa shape index (κ1) is 11.5. The molecule has 1 fully saturated rings. The highest BCUT2D eigenvalue weighted by Gasteiger charge is 2.21. The summed E-state index contributed by atoms with van der Waals surface area (Å²) in [4.78, 5) is 11.3. The van der Waals surface area contributed by atoms with Gasteiger partial charge in [-0.25, -0.2) is 0 Å². The van der Waals surface area contributed by atoms with E-state index in [4.69, 9.17) is 5.73 Å². The summed E-state index contributed by atoms with van der Waals surface area (Å²) < 4.78 is 0. The highest BCUT2D eigenvalue weighted by molar-refractivity contribution is 5.81. The average molecular weight is 199 g/mol. The van der Waals surface area contributed by atoms with Gasteiger partial charge < -0.3 is 16.4 Å². The first-order valence-electron chi connectivity index (χ1n) is 5.38. The van der Waals surface area contributed by atoms with E-state index in [2.05, 4.69) is 17.6 Å². The Balaban J connectivity index is 2.32. The second-order valence-electron chi connectivity index (χ2n) is 4.19. The number of hydrogen-bond donors (Lipinski definition) is 3. The Hall–Kier alpha value is -0.610. The van der Waals surface area contributed by atoms with E-state index < -0.39 is 6.04 Å². The van der Waals surface area contributed by atoms with E-state index in [9.17, 15) is 4.79 Å². The predicted molar refractivity (Wildman–Crippen MR) is 56.8 cm³/mol. The third kappa shape index (κ3) is 3.27. The van der Waals surface area contributed by atoms with Crippen molar-refractivity contribution in [3.05, 3.63) is 0 Å². The van der Waals surface area contributed by atoms with Crippen LogP contribution < -0.4 is 16.4 Å². The fourth-order valence-corrected chi connectivity index (χ4v) is 1.78. The van der Waals surface area contributed by atoms with Crippen LogP contribution in [0.2, 0.25) is 0 Å². The van der Waals surface area contributed by atoms with Crippen molar-refractivity contribution < 1.29 is 4.79 Å². The molecule has 4 nitrogen and oxygen atoms in total. The van der Waals surface area contributed by atoms with Crippen LogP contribution in [0.4, 0.5) is 0 Å². The molecule has 82 valence electrons. The molecule has 1 saturated heterocycles. The van der Waals surface area contributed by atoms with Gasteiger partial charge in [0.1, 0.15) is 0 Å². The van der Waals surface area contributed by atoms with Gasteiger partial charge in [-0.3, -0.25) is 4.79 Å². The van der Waals surface area contributed by atoms with Crippen LogP contribution >= 0.6 is 0 Å². The molecular weight excluding hydrogens is 178 g/mol. The highest BCUT2D eigenvalue weighted by atomic mass is 16.2. The lowest BCUT2D eigenvalue weighted by Crippen LogP contribution is -2.48. The molecular formula is C10H21N3O. The van der Waals surface area contributed by atoms with Crippen molar-refractivity contribution >= 4 is 5.91 Å². The number of nitrogens with two attached hydrogens (primary N) is 1. The lowest BCUT2D eigenvalue weighted by atomic mass is 9.92.